The van der Waals surface area contributed by atoms with E-state index in [0.29, 0.717) is 22.9 Å². The minimum absolute atomic E-state index is 0.0509. The first-order valence-corrected chi connectivity index (χ1v) is 12.5. The van der Waals surface area contributed by atoms with Crippen LogP contribution in [0.1, 0.15) is 66.7 Å². The van der Waals surface area contributed by atoms with Gasteiger partial charge in [0.15, 0.2) is 5.78 Å². The molecule has 0 fully saturated rings. The number of carbonyl (C=O) groups excluding carboxylic acids is 2. The largest absolute Gasteiger partial charge is 0.326 e. The van der Waals surface area contributed by atoms with Gasteiger partial charge in [0, 0.05) is 34.4 Å². The lowest BCUT2D eigenvalue weighted by atomic mass is 9.89. The van der Waals surface area contributed by atoms with Crippen molar-refractivity contribution in [2.24, 2.45) is 5.92 Å². The zero-order chi connectivity index (χ0) is 22.1. The predicted octanol–water partition coefficient (Wildman–Crippen LogP) is 5.87. The Kier molecular flexibility index (Phi) is 6.44. The summed E-state index contributed by atoms with van der Waals surface area (Å²) in [4.78, 5) is 36.2. The van der Waals surface area contributed by atoms with Crippen molar-refractivity contribution in [2.45, 2.75) is 57.9 Å². The standard InChI is InChI=1S/C24H27N3O2S2/c1-13(2)22-26-23(21-18-10-5-14(3)11-20(18)31-24(21)27-22)30-12-19(29)16-6-8-17(9-7-16)25-15(4)28/h6-9,13-14H,5,10-12H2,1-4H3,(H,25,28). The molecule has 1 amide bonds. The minimum atomic E-state index is -0.128. The summed E-state index contributed by atoms with van der Waals surface area (Å²) in [6.07, 6.45) is 3.36. The highest BCUT2D eigenvalue weighted by Crippen LogP contribution is 2.41. The van der Waals surface area contributed by atoms with Crippen molar-refractivity contribution in [1.29, 1.82) is 0 Å². The average Bonchev–Trinajstić information content (AvgIpc) is 3.09. The van der Waals surface area contributed by atoms with Crippen molar-refractivity contribution in [3.8, 4) is 0 Å². The SMILES string of the molecule is CC(=O)Nc1ccc(C(=O)CSc2nc(C(C)C)nc3sc4c(c23)CCC(C)C4)cc1. The fourth-order valence-electron chi connectivity index (χ4n) is 3.85. The molecule has 2 aromatic heterocycles. The second kappa shape index (κ2) is 9.09. The third kappa shape index (κ3) is 4.83. The van der Waals surface area contributed by atoms with E-state index in [9.17, 15) is 9.59 Å². The van der Waals surface area contributed by atoms with E-state index in [4.69, 9.17) is 9.97 Å². The molecule has 1 N–H and O–H groups in total. The number of hydrogen-bond acceptors (Lipinski definition) is 6. The molecule has 162 valence electrons. The number of amides is 1. The number of anilines is 1. The first-order valence-electron chi connectivity index (χ1n) is 10.7. The Morgan fingerprint density at radius 2 is 1.97 bits per heavy atom. The van der Waals surface area contributed by atoms with Crippen LogP contribution in [0.5, 0.6) is 0 Å². The fourth-order valence-corrected chi connectivity index (χ4v) is 6.26. The van der Waals surface area contributed by atoms with Crippen molar-refractivity contribution in [2.75, 3.05) is 11.1 Å². The Bertz CT molecular complexity index is 1140. The molecule has 7 heteroatoms. The Labute approximate surface area is 191 Å². The highest BCUT2D eigenvalue weighted by Gasteiger charge is 2.25. The van der Waals surface area contributed by atoms with Crippen LogP contribution < -0.4 is 5.32 Å². The molecule has 0 saturated heterocycles. The van der Waals surface area contributed by atoms with Crippen molar-refractivity contribution in [1.82, 2.24) is 9.97 Å². The molecule has 0 bridgehead atoms. The molecule has 1 atom stereocenters. The van der Waals surface area contributed by atoms with Crippen LogP contribution in [0.15, 0.2) is 29.3 Å². The van der Waals surface area contributed by atoms with E-state index in [0.717, 1.165) is 33.9 Å². The molecule has 1 aromatic carbocycles. The molecule has 3 aromatic rings. The smallest absolute Gasteiger partial charge is 0.221 e. The maximum absolute atomic E-state index is 12.8. The van der Waals surface area contributed by atoms with Gasteiger partial charge in [-0.3, -0.25) is 9.59 Å². The number of aromatic nitrogens is 2. The van der Waals surface area contributed by atoms with Crippen molar-refractivity contribution in [3.63, 3.8) is 0 Å². The number of ketones is 1. The number of rotatable bonds is 6. The van der Waals surface area contributed by atoms with Crippen LogP contribution in [0.2, 0.25) is 0 Å². The molecule has 1 aliphatic rings. The third-order valence-corrected chi connectivity index (χ3v) is 7.65. The number of fused-ring (bicyclic) bond motifs is 3. The highest BCUT2D eigenvalue weighted by molar-refractivity contribution is 8.00. The van der Waals surface area contributed by atoms with E-state index in [-0.39, 0.29) is 17.6 Å². The molecule has 0 radical (unpaired) electrons. The summed E-state index contributed by atoms with van der Waals surface area (Å²) in [5.41, 5.74) is 2.72. The summed E-state index contributed by atoms with van der Waals surface area (Å²) in [6.45, 7) is 7.98. The number of nitrogens with one attached hydrogen (secondary N) is 1. The predicted molar refractivity (Wildman–Crippen MR) is 128 cm³/mol. The topological polar surface area (TPSA) is 72.0 Å². The number of Topliss-reactive ketones (excluding diaryl/α,β-unsaturated/α-hetero) is 1. The second-order valence-electron chi connectivity index (χ2n) is 8.54. The van der Waals surface area contributed by atoms with E-state index in [1.165, 1.54) is 35.5 Å². The van der Waals surface area contributed by atoms with Crippen molar-refractivity contribution >= 4 is 50.7 Å². The zero-order valence-corrected chi connectivity index (χ0v) is 20.0. The number of nitrogens with zero attached hydrogens (tertiary/aromatic N) is 2. The van der Waals surface area contributed by atoms with Gasteiger partial charge in [0.2, 0.25) is 5.91 Å². The molecule has 1 unspecified atom stereocenters. The van der Waals surface area contributed by atoms with Crippen LogP contribution in [0.25, 0.3) is 10.2 Å². The number of carbonyl (C=O) groups is 2. The first-order chi connectivity index (χ1) is 14.8. The van der Waals surface area contributed by atoms with Crippen molar-refractivity contribution in [3.05, 3.63) is 46.1 Å². The molecule has 2 heterocycles. The van der Waals surface area contributed by atoms with Gasteiger partial charge in [-0.05, 0) is 55.0 Å². The molecule has 4 rings (SSSR count). The number of thiophene rings is 1. The second-order valence-corrected chi connectivity index (χ2v) is 10.6. The van der Waals surface area contributed by atoms with Gasteiger partial charge >= 0.3 is 0 Å². The summed E-state index contributed by atoms with van der Waals surface area (Å²) in [7, 11) is 0. The lowest BCUT2D eigenvalue weighted by Gasteiger charge is -2.18. The lowest BCUT2D eigenvalue weighted by Crippen LogP contribution is -2.09. The van der Waals surface area contributed by atoms with Crippen LogP contribution in [0.3, 0.4) is 0 Å². The fraction of sp³-hybridized carbons (Fsp3) is 0.417. The van der Waals surface area contributed by atoms with Gasteiger partial charge in [0.25, 0.3) is 0 Å². The summed E-state index contributed by atoms with van der Waals surface area (Å²) >= 11 is 3.32. The Hall–Kier alpha value is -2.25. The third-order valence-electron chi connectivity index (χ3n) is 5.52. The van der Waals surface area contributed by atoms with Crippen LogP contribution in [0.4, 0.5) is 5.69 Å². The Morgan fingerprint density at radius 1 is 1.23 bits per heavy atom. The van der Waals surface area contributed by atoms with Gasteiger partial charge in [-0.25, -0.2) is 9.97 Å². The van der Waals surface area contributed by atoms with Crippen LogP contribution >= 0.6 is 23.1 Å². The molecular weight excluding hydrogens is 426 g/mol. The normalized spacial score (nSPS) is 15.8. The Balaban J connectivity index is 1.60. The zero-order valence-electron chi connectivity index (χ0n) is 18.3. The molecular formula is C24H27N3O2S2. The quantitative estimate of drug-likeness (QED) is 0.287. The molecule has 0 aliphatic heterocycles. The molecule has 0 saturated carbocycles. The minimum Gasteiger partial charge on any atom is -0.326 e. The van der Waals surface area contributed by atoms with Crippen LogP contribution in [-0.2, 0) is 17.6 Å². The number of aryl methyl sites for hydroxylation is 1. The van der Waals surface area contributed by atoms with Gasteiger partial charge in [-0.1, -0.05) is 32.5 Å². The summed E-state index contributed by atoms with van der Waals surface area (Å²) < 4.78 is 0. The lowest BCUT2D eigenvalue weighted by molar-refractivity contribution is -0.114. The number of benzene rings is 1. The number of thioether (sulfide) groups is 1. The molecule has 1 aliphatic carbocycles. The Morgan fingerprint density at radius 3 is 2.65 bits per heavy atom. The van der Waals surface area contributed by atoms with E-state index in [1.54, 1.807) is 35.6 Å². The van der Waals surface area contributed by atoms with E-state index in [1.807, 2.05) is 0 Å². The van der Waals surface area contributed by atoms with E-state index >= 15 is 0 Å². The highest BCUT2D eigenvalue weighted by atomic mass is 32.2. The molecule has 0 spiro atoms. The van der Waals surface area contributed by atoms with Gasteiger partial charge in [0.1, 0.15) is 15.7 Å². The maximum atomic E-state index is 12.8. The maximum Gasteiger partial charge on any atom is 0.221 e. The molecule has 31 heavy (non-hydrogen) atoms. The van der Waals surface area contributed by atoms with Gasteiger partial charge in [-0.2, -0.15) is 0 Å². The monoisotopic (exact) mass is 453 g/mol. The first kappa shape index (κ1) is 22.0. The summed E-state index contributed by atoms with van der Waals surface area (Å²) in [6, 6.07) is 7.04. The molecule has 5 nitrogen and oxygen atoms in total. The van der Waals surface area contributed by atoms with Crippen LogP contribution in [-0.4, -0.2) is 27.4 Å². The van der Waals surface area contributed by atoms with Crippen molar-refractivity contribution < 1.29 is 9.59 Å². The average molecular weight is 454 g/mol. The van der Waals surface area contributed by atoms with Gasteiger partial charge in [-0.15, -0.1) is 11.3 Å². The van der Waals surface area contributed by atoms with Gasteiger partial charge in [0.05, 0.1) is 5.75 Å². The van der Waals surface area contributed by atoms with Crippen LogP contribution in [0, 0.1) is 5.92 Å². The van der Waals surface area contributed by atoms with E-state index < -0.39 is 0 Å². The number of hydrogen-bond donors (Lipinski definition) is 1. The summed E-state index contributed by atoms with van der Waals surface area (Å²) in [5.74, 6) is 2.03. The van der Waals surface area contributed by atoms with E-state index in [2.05, 4.69) is 26.1 Å². The van der Waals surface area contributed by atoms with Gasteiger partial charge < -0.3 is 5.32 Å². The summed E-state index contributed by atoms with van der Waals surface area (Å²) in [5, 5.41) is 4.82.